The number of benzene rings is 2. The Kier molecular flexibility index (Phi) is 4.98. The van der Waals surface area contributed by atoms with Crippen molar-refractivity contribution in [3.63, 3.8) is 0 Å². The summed E-state index contributed by atoms with van der Waals surface area (Å²) in [5.74, 6) is 0. The van der Waals surface area contributed by atoms with Gasteiger partial charge in [0, 0.05) is 43.1 Å². The number of nitrogens with zero attached hydrogens (tertiary/aromatic N) is 2. The van der Waals surface area contributed by atoms with Crippen molar-refractivity contribution in [2.45, 2.75) is 6.04 Å². The van der Waals surface area contributed by atoms with Crippen molar-refractivity contribution in [1.29, 1.82) is 0 Å². The van der Waals surface area contributed by atoms with Gasteiger partial charge in [0.15, 0.2) is 0 Å². The van der Waals surface area contributed by atoms with Crippen LogP contribution < -0.4 is 16.0 Å². The fraction of sp³-hybridized carbons (Fsp3) is 0.150. The molecule has 0 bridgehead atoms. The minimum Gasteiger partial charge on any atom is -0.327 e. The molecule has 2 aliphatic rings. The average molecular weight is 407 g/mol. The Bertz CT molecular complexity index is 1120. The lowest BCUT2D eigenvalue weighted by molar-refractivity contribution is -0.385. The number of carbonyl (C=O) groups is 1. The Hall–Kier alpha value is -4.05. The van der Waals surface area contributed by atoms with E-state index in [1.165, 1.54) is 24.3 Å². The van der Waals surface area contributed by atoms with Crippen molar-refractivity contribution in [2.75, 3.05) is 13.1 Å². The second-order valence-corrected chi connectivity index (χ2v) is 6.91. The van der Waals surface area contributed by atoms with E-state index in [9.17, 15) is 25.0 Å². The molecule has 1 unspecified atom stereocenters. The highest BCUT2D eigenvalue weighted by Crippen LogP contribution is 2.33. The number of nitro groups is 2. The SMILES string of the molecule is O=C1NC2=C(CNC/C2=C\c2cccc([N+](=O)[O-])c2)C(c2cccc([N+](=O)[O-])c2)N1. The van der Waals surface area contributed by atoms with Gasteiger partial charge in [0.1, 0.15) is 0 Å². The summed E-state index contributed by atoms with van der Waals surface area (Å²) in [6.07, 6.45) is 1.78. The van der Waals surface area contributed by atoms with Gasteiger partial charge in [-0.3, -0.25) is 20.2 Å². The number of nitrogens with one attached hydrogen (secondary N) is 3. The topological polar surface area (TPSA) is 139 Å². The first kappa shape index (κ1) is 19.3. The minimum atomic E-state index is -0.532. The van der Waals surface area contributed by atoms with E-state index >= 15 is 0 Å². The number of non-ortho nitro benzene ring substituents is 2. The predicted molar refractivity (Wildman–Crippen MR) is 108 cm³/mol. The number of rotatable bonds is 4. The third kappa shape index (κ3) is 3.76. The molecule has 4 rings (SSSR count). The molecular weight excluding hydrogens is 390 g/mol. The number of hydrogen-bond donors (Lipinski definition) is 3. The lowest BCUT2D eigenvalue weighted by Gasteiger charge is -2.34. The van der Waals surface area contributed by atoms with Gasteiger partial charge in [-0.1, -0.05) is 24.3 Å². The lowest BCUT2D eigenvalue weighted by Crippen LogP contribution is -2.49. The molecule has 2 heterocycles. The molecule has 2 aliphatic heterocycles. The van der Waals surface area contributed by atoms with E-state index in [-0.39, 0.29) is 11.4 Å². The van der Waals surface area contributed by atoms with Crippen molar-refractivity contribution in [3.05, 3.63) is 96.7 Å². The highest BCUT2D eigenvalue weighted by Gasteiger charge is 2.32. The Balaban J connectivity index is 1.76. The van der Waals surface area contributed by atoms with Crippen LogP contribution in [0.4, 0.5) is 16.2 Å². The van der Waals surface area contributed by atoms with Crippen LogP contribution in [0.25, 0.3) is 6.08 Å². The van der Waals surface area contributed by atoms with E-state index in [1.54, 1.807) is 30.3 Å². The Labute approximate surface area is 170 Å². The van der Waals surface area contributed by atoms with E-state index in [2.05, 4.69) is 16.0 Å². The molecule has 2 amide bonds. The van der Waals surface area contributed by atoms with Gasteiger partial charge in [0.05, 0.1) is 15.9 Å². The van der Waals surface area contributed by atoms with Crippen molar-refractivity contribution in [1.82, 2.24) is 16.0 Å². The van der Waals surface area contributed by atoms with E-state index in [1.807, 2.05) is 0 Å². The minimum absolute atomic E-state index is 0.0221. The number of urea groups is 1. The van der Waals surface area contributed by atoms with Crippen LogP contribution in [0.1, 0.15) is 17.2 Å². The quantitative estimate of drug-likeness (QED) is 0.526. The monoisotopic (exact) mass is 407 g/mol. The van der Waals surface area contributed by atoms with Crippen molar-refractivity contribution in [2.24, 2.45) is 0 Å². The Morgan fingerprint density at radius 3 is 2.40 bits per heavy atom. The highest BCUT2D eigenvalue weighted by molar-refractivity contribution is 5.82. The summed E-state index contributed by atoms with van der Waals surface area (Å²) >= 11 is 0. The normalized spacial score (nSPS) is 19.7. The molecule has 0 spiro atoms. The van der Waals surface area contributed by atoms with Crippen molar-refractivity contribution in [3.8, 4) is 0 Å². The summed E-state index contributed by atoms with van der Waals surface area (Å²) in [6, 6.07) is 11.4. The van der Waals surface area contributed by atoms with Gasteiger partial charge in [-0.25, -0.2) is 4.79 Å². The van der Waals surface area contributed by atoms with E-state index in [4.69, 9.17) is 0 Å². The zero-order valence-electron chi connectivity index (χ0n) is 15.6. The summed E-state index contributed by atoms with van der Waals surface area (Å²) in [4.78, 5) is 33.6. The lowest BCUT2D eigenvalue weighted by atomic mass is 9.89. The summed E-state index contributed by atoms with van der Waals surface area (Å²) in [5.41, 5.74) is 3.38. The smallest absolute Gasteiger partial charge is 0.319 e. The van der Waals surface area contributed by atoms with Crippen molar-refractivity contribution < 1.29 is 14.6 Å². The predicted octanol–water partition coefficient (Wildman–Crippen LogP) is 2.80. The van der Waals surface area contributed by atoms with Crippen LogP contribution in [0, 0.1) is 20.2 Å². The van der Waals surface area contributed by atoms with E-state index in [0.29, 0.717) is 29.9 Å². The van der Waals surface area contributed by atoms with E-state index in [0.717, 1.165) is 11.1 Å². The molecule has 1 atom stereocenters. The van der Waals surface area contributed by atoms with Crippen LogP contribution in [-0.4, -0.2) is 29.0 Å². The summed E-state index contributed by atoms with van der Waals surface area (Å²) in [7, 11) is 0. The molecule has 2 aromatic rings. The van der Waals surface area contributed by atoms with Gasteiger partial charge < -0.3 is 16.0 Å². The van der Waals surface area contributed by atoms with Gasteiger partial charge in [0.2, 0.25) is 0 Å². The van der Waals surface area contributed by atoms with Crippen LogP contribution in [-0.2, 0) is 0 Å². The van der Waals surface area contributed by atoms with Gasteiger partial charge >= 0.3 is 6.03 Å². The third-order valence-corrected chi connectivity index (χ3v) is 4.97. The number of nitro benzene ring substituents is 2. The maximum Gasteiger partial charge on any atom is 0.319 e. The highest BCUT2D eigenvalue weighted by atomic mass is 16.6. The molecule has 0 radical (unpaired) electrons. The molecule has 10 heteroatoms. The standard InChI is InChI=1S/C20H17N5O5/c26-20-22-18(13-4-2-6-16(9-13)25(29)30)17-11-21-10-14(19(17)23-20)7-12-3-1-5-15(8-12)24(27)28/h1-9,18,21H,10-11H2,(H2,22,23,26)/b14-7+. The average Bonchev–Trinajstić information content (AvgIpc) is 2.74. The summed E-state index contributed by atoms with van der Waals surface area (Å²) < 4.78 is 0. The van der Waals surface area contributed by atoms with Gasteiger partial charge in [-0.05, 0) is 28.3 Å². The zero-order chi connectivity index (χ0) is 21.3. The largest absolute Gasteiger partial charge is 0.327 e. The first-order valence-electron chi connectivity index (χ1n) is 9.13. The molecule has 152 valence electrons. The first-order valence-corrected chi connectivity index (χ1v) is 9.13. The first-order chi connectivity index (χ1) is 14.4. The van der Waals surface area contributed by atoms with Crippen LogP contribution in [0.15, 0.2) is 65.4 Å². The third-order valence-electron chi connectivity index (χ3n) is 4.97. The fourth-order valence-electron chi connectivity index (χ4n) is 3.64. The Morgan fingerprint density at radius 2 is 1.67 bits per heavy atom. The second-order valence-electron chi connectivity index (χ2n) is 6.91. The van der Waals surface area contributed by atoms with Gasteiger partial charge in [-0.15, -0.1) is 0 Å². The molecule has 0 saturated carbocycles. The summed E-state index contributed by atoms with van der Waals surface area (Å²) in [5, 5.41) is 31.1. The van der Waals surface area contributed by atoms with Crippen LogP contribution >= 0.6 is 0 Å². The molecule has 3 N–H and O–H groups in total. The number of amides is 2. The van der Waals surface area contributed by atoms with Crippen LogP contribution in [0.2, 0.25) is 0 Å². The molecule has 10 nitrogen and oxygen atoms in total. The molecule has 0 saturated heterocycles. The zero-order valence-corrected chi connectivity index (χ0v) is 15.6. The van der Waals surface area contributed by atoms with Crippen LogP contribution in [0.3, 0.4) is 0 Å². The second kappa shape index (κ2) is 7.76. The fourth-order valence-corrected chi connectivity index (χ4v) is 3.64. The van der Waals surface area contributed by atoms with Gasteiger partial charge in [0.25, 0.3) is 11.4 Å². The molecule has 30 heavy (non-hydrogen) atoms. The molecule has 2 aromatic carbocycles. The maximum atomic E-state index is 12.3. The molecular formula is C20H17N5O5. The van der Waals surface area contributed by atoms with Gasteiger partial charge in [-0.2, -0.15) is 0 Å². The summed E-state index contributed by atoms with van der Waals surface area (Å²) in [6.45, 7) is 0.936. The number of hydrogen-bond acceptors (Lipinski definition) is 6. The Morgan fingerprint density at radius 1 is 0.967 bits per heavy atom. The van der Waals surface area contributed by atoms with E-state index < -0.39 is 21.9 Å². The number of carbonyl (C=O) groups excluding carboxylic acids is 1. The van der Waals surface area contributed by atoms with Crippen LogP contribution in [0.5, 0.6) is 0 Å². The van der Waals surface area contributed by atoms with Crippen molar-refractivity contribution >= 4 is 23.5 Å². The molecule has 0 aliphatic carbocycles. The molecule has 0 fully saturated rings. The molecule has 0 aromatic heterocycles. The maximum absolute atomic E-state index is 12.3.